The molecule has 6 rings (SSSR count). The van der Waals surface area contributed by atoms with Crippen molar-refractivity contribution >= 4 is 28.1 Å². The Balaban J connectivity index is 1.27. The van der Waals surface area contributed by atoms with Gasteiger partial charge in [0.1, 0.15) is 22.5 Å². The summed E-state index contributed by atoms with van der Waals surface area (Å²) in [5.74, 6) is 1.29. The minimum atomic E-state index is 0.530. The van der Waals surface area contributed by atoms with Gasteiger partial charge in [0.25, 0.3) is 0 Å². The number of nitrogens with zero attached hydrogens (tertiary/aromatic N) is 6. The first-order valence-electron chi connectivity index (χ1n) is 11.3. The van der Waals surface area contributed by atoms with E-state index in [2.05, 4.69) is 31.9 Å². The first kappa shape index (κ1) is 20.3. The molecule has 0 unspecified atom stereocenters. The van der Waals surface area contributed by atoms with Crippen LogP contribution in [0.25, 0.3) is 27.4 Å². The number of aromatic nitrogens is 5. The molecule has 166 valence electrons. The van der Waals surface area contributed by atoms with Crippen molar-refractivity contribution in [1.29, 1.82) is 5.26 Å². The lowest BCUT2D eigenvalue weighted by Crippen LogP contribution is -2.44. The van der Waals surface area contributed by atoms with E-state index in [0.717, 1.165) is 51.2 Å². The van der Waals surface area contributed by atoms with Crippen LogP contribution < -0.4 is 10.6 Å². The largest absolute Gasteiger partial charge is 0.387 e. The molecule has 1 saturated carbocycles. The highest BCUT2D eigenvalue weighted by atomic mass is 32.1. The smallest absolute Gasteiger partial charge is 0.151 e. The van der Waals surface area contributed by atoms with Crippen LogP contribution in [-0.2, 0) is 0 Å². The summed E-state index contributed by atoms with van der Waals surface area (Å²) in [5, 5.41) is 27.9. The third kappa shape index (κ3) is 3.46. The molecule has 0 atom stereocenters. The number of hydrogen-bond acceptors (Lipinski definition) is 8. The van der Waals surface area contributed by atoms with Crippen LogP contribution in [0.15, 0.2) is 36.8 Å². The van der Waals surface area contributed by atoms with E-state index in [9.17, 15) is 0 Å². The lowest BCUT2D eigenvalue weighted by Gasteiger charge is -2.49. The molecular weight excluding hydrogens is 432 g/mol. The van der Waals surface area contributed by atoms with Crippen molar-refractivity contribution < 1.29 is 0 Å². The van der Waals surface area contributed by atoms with Crippen molar-refractivity contribution in [2.75, 3.05) is 25.5 Å². The van der Waals surface area contributed by atoms with E-state index in [-0.39, 0.29) is 0 Å². The molecule has 33 heavy (non-hydrogen) atoms. The zero-order chi connectivity index (χ0) is 22.4. The van der Waals surface area contributed by atoms with Crippen LogP contribution in [0.5, 0.6) is 0 Å². The van der Waals surface area contributed by atoms with Crippen LogP contribution in [0.3, 0.4) is 0 Å². The zero-order valence-corrected chi connectivity index (χ0v) is 19.2. The summed E-state index contributed by atoms with van der Waals surface area (Å²) >= 11 is 1.69. The maximum atomic E-state index is 9.12. The second-order valence-corrected chi connectivity index (χ2v) is 10.1. The van der Waals surface area contributed by atoms with Crippen molar-refractivity contribution in [2.24, 2.45) is 5.41 Å². The zero-order valence-electron chi connectivity index (χ0n) is 18.4. The summed E-state index contributed by atoms with van der Waals surface area (Å²) in [4.78, 5) is 9.16. The van der Waals surface area contributed by atoms with Crippen LogP contribution in [0, 0.1) is 16.7 Å². The molecule has 8 nitrogen and oxygen atoms in total. The number of nitrogens with one attached hydrogen (secondary N) is 2. The van der Waals surface area contributed by atoms with Crippen LogP contribution in [0.1, 0.15) is 42.2 Å². The first-order valence-corrected chi connectivity index (χ1v) is 12.1. The Kier molecular flexibility index (Phi) is 4.85. The van der Waals surface area contributed by atoms with Crippen molar-refractivity contribution in [3.8, 4) is 22.5 Å². The molecule has 0 amide bonds. The third-order valence-corrected chi connectivity index (χ3v) is 8.22. The predicted molar refractivity (Wildman–Crippen MR) is 129 cm³/mol. The Hall–Kier alpha value is -3.35. The Labute approximate surface area is 195 Å². The Morgan fingerprint density at radius 3 is 2.82 bits per heavy atom. The Bertz CT molecular complexity index is 1370. The Morgan fingerprint density at radius 2 is 2.03 bits per heavy atom. The molecule has 2 aliphatic rings. The van der Waals surface area contributed by atoms with Gasteiger partial charge < -0.3 is 10.6 Å². The third-order valence-electron chi connectivity index (χ3n) is 7.10. The fourth-order valence-corrected chi connectivity index (χ4v) is 6.22. The van der Waals surface area contributed by atoms with Gasteiger partial charge in [-0.15, -0.1) is 10.2 Å². The van der Waals surface area contributed by atoms with Crippen LogP contribution >= 0.6 is 11.3 Å². The molecule has 4 aromatic rings. The van der Waals surface area contributed by atoms with Crippen molar-refractivity contribution in [2.45, 2.75) is 31.6 Å². The second-order valence-electron chi connectivity index (χ2n) is 9.07. The number of piperidine rings is 1. The molecular formula is C24H24N8S. The topological polar surface area (TPSA) is 104 Å². The van der Waals surface area contributed by atoms with Crippen LogP contribution in [0.4, 0.5) is 5.69 Å². The van der Waals surface area contributed by atoms with E-state index in [1.165, 1.54) is 25.7 Å². The number of nitriles is 1. The molecule has 9 heteroatoms. The number of pyridine rings is 2. The van der Waals surface area contributed by atoms with Gasteiger partial charge in [0.15, 0.2) is 5.01 Å². The van der Waals surface area contributed by atoms with Gasteiger partial charge in [-0.3, -0.25) is 4.57 Å². The highest BCUT2D eigenvalue weighted by Crippen LogP contribution is 2.56. The first-order chi connectivity index (χ1) is 16.2. The van der Waals surface area contributed by atoms with Gasteiger partial charge in [-0.1, -0.05) is 11.3 Å². The second kappa shape index (κ2) is 7.90. The van der Waals surface area contributed by atoms with E-state index in [1.807, 2.05) is 42.2 Å². The Morgan fingerprint density at radius 1 is 1.18 bits per heavy atom. The van der Waals surface area contributed by atoms with Gasteiger partial charge in [0, 0.05) is 48.7 Å². The van der Waals surface area contributed by atoms with Gasteiger partial charge in [0.2, 0.25) is 0 Å². The fraction of sp³-hybridized carbons (Fsp3) is 0.375. The van der Waals surface area contributed by atoms with E-state index in [1.54, 1.807) is 17.5 Å². The molecule has 1 aliphatic carbocycles. The van der Waals surface area contributed by atoms with Gasteiger partial charge >= 0.3 is 0 Å². The van der Waals surface area contributed by atoms with E-state index in [0.29, 0.717) is 16.9 Å². The normalized spacial score (nSPS) is 17.7. The maximum absolute atomic E-state index is 9.12. The van der Waals surface area contributed by atoms with Crippen molar-refractivity contribution in [3.05, 3.63) is 47.4 Å². The van der Waals surface area contributed by atoms with Crippen LogP contribution in [-0.4, -0.2) is 44.9 Å². The fourth-order valence-electron chi connectivity index (χ4n) is 5.26. The number of fused-ring (bicyclic) bond motifs is 1. The van der Waals surface area contributed by atoms with Crippen LogP contribution in [0.2, 0.25) is 0 Å². The summed E-state index contributed by atoms with van der Waals surface area (Å²) in [6, 6.07) is 7.92. The molecule has 4 aromatic heterocycles. The molecule has 1 aliphatic heterocycles. The van der Waals surface area contributed by atoms with Crippen molar-refractivity contribution in [1.82, 2.24) is 30.0 Å². The summed E-state index contributed by atoms with van der Waals surface area (Å²) in [6.45, 7) is 2.28. The van der Waals surface area contributed by atoms with Gasteiger partial charge in [0.05, 0.1) is 11.1 Å². The summed E-state index contributed by atoms with van der Waals surface area (Å²) in [6.07, 6.45) is 10.4. The molecule has 1 spiro atoms. The van der Waals surface area contributed by atoms with E-state index in [4.69, 9.17) is 10.2 Å². The predicted octanol–water partition coefficient (Wildman–Crippen LogP) is 4.10. The molecule has 0 aromatic carbocycles. The quantitative estimate of drug-likeness (QED) is 0.476. The van der Waals surface area contributed by atoms with E-state index >= 15 is 0 Å². The van der Waals surface area contributed by atoms with Gasteiger partial charge in [-0.05, 0) is 56.3 Å². The molecule has 1 saturated heterocycles. The molecule has 0 radical (unpaired) electrons. The lowest BCUT2D eigenvalue weighted by atomic mass is 9.58. The average Bonchev–Trinajstić information content (AvgIpc) is 3.49. The summed E-state index contributed by atoms with van der Waals surface area (Å²) in [7, 11) is 1.91. The van der Waals surface area contributed by atoms with Gasteiger partial charge in [-0.2, -0.15) is 5.26 Å². The highest BCUT2D eigenvalue weighted by Gasteiger charge is 2.46. The standard InChI is InChI=1S/C24H24N8S/c1-26-19-9-20(32-7-2-16-8-15(12-25)13-29-21(16)32)28-14-18(19)23-31-30-22(33-23)17-10-24(11-17)3-5-27-6-4-24/h2,7-9,13-14,17,27H,3-6,10-11H2,1H3,(H,26,28). The lowest BCUT2D eigenvalue weighted by molar-refractivity contribution is 0.0600. The SMILES string of the molecule is CNc1cc(-n2ccc3cc(C#N)cnc32)ncc1-c1nnc(C2CC3(CCNCC3)C2)s1. The number of anilines is 1. The van der Waals surface area contributed by atoms with Gasteiger partial charge in [-0.25, -0.2) is 9.97 Å². The van der Waals surface area contributed by atoms with E-state index < -0.39 is 0 Å². The number of hydrogen-bond donors (Lipinski definition) is 2. The van der Waals surface area contributed by atoms with Crippen molar-refractivity contribution in [3.63, 3.8) is 0 Å². The molecule has 2 N–H and O–H groups in total. The minimum Gasteiger partial charge on any atom is -0.387 e. The summed E-state index contributed by atoms with van der Waals surface area (Å²) < 4.78 is 1.93. The molecule has 5 heterocycles. The minimum absolute atomic E-state index is 0.530. The highest BCUT2D eigenvalue weighted by molar-refractivity contribution is 7.14. The maximum Gasteiger partial charge on any atom is 0.151 e. The monoisotopic (exact) mass is 456 g/mol. The summed E-state index contributed by atoms with van der Waals surface area (Å²) in [5.41, 5.74) is 3.75. The average molecular weight is 457 g/mol. The molecule has 2 fully saturated rings. The molecule has 0 bridgehead atoms. The number of rotatable bonds is 4.